The maximum atomic E-state index is 3.23. The van der Waals surface area contributed by atoms with Crippen molar-refractivity contribution >= 4 is 10.9 Å². The van der Waals surface area contributed by atoms with Gasteiger partial charge in [-0.15, -0.1) is 0 Å². The third-order valence-electron chi connectivity index (χ3n) is 3.67. The Hall–Kier alpha value is -1.28. The monoisotopic (exact) mass is 228 g/mol. The van der Waals surface area contributed by atoms with Crippen LogP contribution in [0.4, 0.5) is 0 Å². The van der Waals surface area contributed by atoms with Gasteiger partial charge in [-0.1, -0.05) is 18.2 Å². The first-order valence-corrected chi connectivity index (χ1v) is 6.60. The molecule has 0 radical (unpaired) electrons. The van der Waals surface area contributed by atoms with Crippen molar-refractivity contribution in [2.75, 3.05) is 13.6 Å². The van der Waals surface area contributed by atoms with Crippen LogP contribution in [-0.2, 0) is 13.0 Å². The van der Waals surface area contributed by atoms with Crippen LogP contribution in [0.1, 0.15) is 18.4 Å². The fraction of sp³-hybridized carbons (Fsp3) is 0.467. The molecule has 1 aromatic heterocycles. The summed E-state index contributed by atoms with van der Waals surface area (Å²) in [5, 5.41) is 4.67. The molecule has 1 fully saturated rings. The second kappa shape index (κ2) is 4.53. The molecular formula is C15H20N2. The molecule has 2 aromatic rings. The Kier molecular flexibility index (Phi) is 2.89. The molecule has 0 unspecified atom stereocenters. The molecule has 1 heterocycles. The molecule has 1 saturated carbocycles. The fourth-order valence-electron chi connectivity index (χ4n) is 2.51. The van der Waals surface area contributed by atoms with Crippen LogP contribution in [-0.4, -0.2) is 18.2 Å². The Bertz CT molecular complexity index is 509. The van der Waals surface area contributed by atoms with Crippen LogP contribution in [0, 0.1) is 5.92 Å². The number of benzene rings is 1. The van der Waals surface area contributed by atoms with Gasteiger partial charge in [0.15, 0.2) is 0 Å². The van der Waals surface area contributed by atoms with Crippen molar-refractivity contribution in [2.24, 2.45) is 5.92 Å². The van der Waals surface area contributed by atoms with Gasteiger partial charge >= 0.3 is 0 Å². The Labute approximate surface area is 103 Å². The Morgan fingerprint density at radius 1 is 1.29 bits per heavy atom. The topological polar surface area (TPSA) is 17.0 Å². The number of aromatic nitrogens is 1. The summed E-state index contributed by atoms with van der Waals surface area (Å²) in [6, 6.07) is 8.80. The lowest BCUT2D eigenvalue weighted by atomic mass is 10.1. The second-order valence-electron chi connectivity index (χ2n) is 5.12. The minimum absolute atomic E-state index is 0.933. The van der Waals surface area contributed by atoms with Crippen LogP contribution in [0.2, 0.25) is 0 Å². The summed E-state index contributed by atoms with van der Waals surface area (Å²) in [6.45, 7) is 2.26. The highest BCUT2D eigenvalue weighted by Crippen LogP contribution is 2.32. The summed E-state index contributed by atoms with van der Waals surface area (Å²) in [7, 11) is 2.02. The van der Waals surface area contributed by atoms with Crippen molar-refractivity contribution in [3.63, 3.8) is 0 Å². The van der Waals surface area contributed by atoms with Crippen LogP contribution in [0.3, 0.4) is 0 Å². The quantitative estimate of drug-likeness (QED) is 0.832. The number of hydrogen-bond donors (Lipinski definition) is 1. The molecule has 2 nitrogen and oxygen atoms in total. The third-order valence-corrected chi connectivity index (χ3v) is 3.67. The summed E-state index contributed by atoms with van der Waals surface area (Å²) in [5.41, 5.74) is 2.89. The third kappa shape index (κ3) is 2.22. The molecular weight excluding hydrogens is 208 g/mol. The largest absolute Gasteiger partial charge is 0.347 e. The van der Waals surface area contributed by atoms with E-state index >= 15 is 0 Å². The van der Waals surface area contributed by atoms with E-state index in [1.54, 1.807) is 0 Å². The normalized spacial score (nSPS) is 15.6. The first-order valence-electron chi connectivity index (χ1n) is 6.60. The average Bonchev–Trinajstić information content (AvgIpc) is 3.10. The van der Waals surface area contributed by atoms with Gasteiger partial charge in [0.25, 0.3) is 0 Å². The van der Waals surface area contributed by atoms with Crippen LogP contribution in [0.25, 0.3) is 10.9 Å². The van der Waals surface area contributed by atoms with Gasteiger partial charge < -0.3 is 9.88 Å². The van der Waals surface area contributed by atoms with Gasteiger partial charge in [-0.2, -0.15) is 0 Å². The van der Waals surface area contributed by atoms with E-state index < -0.39 is 0 Å². The van der Waals surface area contributed by atoms with E-state index in [4.69, 9.17) is 0 Å². The van der Waals surface area contributed by atoms with E-state index in [1.807, 2.05) is 7.05 Å². The fourth-order valence-corrected chi connectivity index (χ4v) is 2.51. The van der Waals surface area contributed by atoms with Crippen LogP contribution >= 0.6 is 0 Å². The van der Waals surface area contributed by atoms with Crippen LogP contribution in [0.5, 0.6) is 0 Å². The zero-order valence-corrected chi connectivity index (χ0v) is 10.4. The van der Waals surface area contributed by atoms with Gasteiger partial charge in [-0.05, 0) is 50.4 Å². The van der Waals surface area contributed by atoms with E-state index in [9.17, 15) is 0 Å². The van der Waals surface area contributed by atoms with E-state index in [2.05, 4.69) is 40.3 Å². The van der Waals surface area contributed by atoms with E-state index in [-0.39, 0.29) is 0 Å². The summed E-state index contributed by atoms with van der Waals surface area (Å²) >= 11 is 0. The van der Waals surface area contributed by atoms with Gasteiger partial charge in [-0.3, -0.25) is 0 Å². The van der Waals surface area contributed by atoms with E-state index in [0.717, 1.165) is 18.9 Å². The minimum atomic E-state index is 0.933. The zero-order chi connectivity index (χ0) is 11.7. The molecule has 17 heavy (non-hydrogen) atoms. The molecule has 0 saturated heterocycles. The molecule has 1 N–H and O–H groups in total. The SMILES string of the molecule is CNCCc1cn(CC2CC2)c2ccccc12. The summed E-state index contributed by atoms with van der Waals surface area (Å²) in [5.74, 6) is 0.933. The van der Waals surface area contributed by atoms with Gasteiger partial charge in [0.2, 0.25) is 0 Å². The number of fused-ring (bicyclic) bond motifs is 1. The van der Waals surface area contributed by atoms with Gasteiger partial charge in [0.1, 0.15) is 0 Å². The maximum Gasteiger partial charge on any atom is 0.0483 e. The second-order valence-corrected chi connectivity index (χ2v) is 5.12. The Morgan fingerprint density at radius 3 is 2.88 bits per heavy atom. The Morgan fingerprint density at radius 2 is 2.12 bits per heavy atom. The van der Waals surface area contributed by atoms with Crippen molar-refractivity contribution in [3.8, 4) is 0 Å². The van der Waals surface area contributed by atoms with Crippen molar-refractivity contribution in [3.05, 3.63) is 36.0 Å². The van der Waals surface area contributed by atoms with Gasteiger partial charge in [-0.25, -0.2) is 0 Å². The van der Waals surface area contributed by atoms with Crippen molar-refractivity contribution in [1.82, 2.24) is 9.88 Å². The van der Waals surface area contributed by atoms with Crippen LogP contribution < -0.4 is 5.32 Å². The molecule has 2 heteroatoms. The zero-order valence-electron chi connectivity index (χ0n) is 10.4. The highest BCUT2D eigenvalue weighted by Gasteiger charge is 2.22. The highest BCUT2D eigenvalue weighted by atomic mass is 15.0. The molecule has 1 aliphatic rings. The smallest absolute Gasteiger partial charge is 0.0483 e. The molecule has 0 aliphatic heterocycles. The minimum Gasteiger partial charge on any atom is -0.347 e. The average molecular weight is 228 g/mol. The molecule has 1 aromatic carbocycles. The molecule has 0 atom stereocenters. The molecule has 0 bridgehead atoms. The summed E-state index contributed by atoms with van der Waals surface area (Å²) < 4.78 is 2.46. The van der Waals surface area contributed by atoms with Crippen LogP contribution in [0.15, 0.2) is 30.5 Å². The molecule has 1 aliphatic carbocycles. The maximum absolute atomic E-state index is 3.23. The standard InChI is InChI=1S/C15H20N2/c1-16-9-8-13-11-17(10-12-6-7-12)15-5-3-2-4-14(13)15/h2-5,11-12,16H,6-10H2,1H3. The molecule has 3 rings (SSSR count). The number of nitrogens with one attached hydrogen (secondary N) is 1. The number of para-hydroxylation sites is 1. The van der Waals surface area contributed by atoms with Gasteiger partial charge in [0, 0.05) is 23.6 Å². The number of rotatable bonds is 5. The lowest BCUT2D eigenvalue weighted by Gasteiger charge is -2.02. The predicted molar refractivity (Wildman–Crippen MR) is 72.3 cm³/mol. The predicted octanol–water partition coefficient (Wildman–Crippen LogP) is 2.81. The van der Waals surface area contributed by atoms with E-state index in [1.165, 1.54) is 35.9 Å². The number of hydrogen-bond acceptors (Lipinski definition) is 1. The number of likely N-dealkylation sites (N-methyl/N-ethyl adjacent to an activating group) is 1. The van der Waals surface area contributed by atoms with Gasteiger partial charge in [0.05, 0.1) is 0 Å². The van der Waals surface area contributed by atoms with Crippen molar-refractivity contribution < 1.29 is 0 Å². The van der Waals surface area contributed by atoms with Crippen molar-refractivity contribution in [1.29, 1.82) is 0 Å². The first kappa shape index (κ1) is 10.8. The lowest BCUT2D eigenvalue weighted by Crippen LogP contribution is -2.10. The summed E-state index contributed by atoms with van der Waals surface area (Å²) in [4.78, 5) is 0. The summed E-state index contributed by atoms with van der Waals surface area (Å²) in [6.07, 6.45) is 6.31. The first-order chi connectivity index (χ1) is 8.38. The number of nitrogens with zero attached hydrogens (tertiary/aromatic N) is 1. The van der Waals surface area contributed by atoms with E-state index in [0.29, 0.717) is 0 Å². The van der Waals surface area contributed by atoms with Crippen molar-refractivity contribution in [2.45, 2.75) is 25.8 Å². The molecule has 0 amide bonds. The molecule has 0 spiro atoms. The molecule has 90 valence electrons. The lowest BCUT2D eigenvalue weighted by molar-refractivity contribution is 0.644. The Balaban J connectivity index is 1.96. The highest BCUT2D eigenvalue weighted by molar-refractivity contribution is 5.84.